The number of ether oxygens (including phenoxy) is 2. The molecule has 98 valence electrons. The average molecular weight is 259 g/mol. The van der Waals surface area contributed by atoms with Gasteiger partial charge >= 0.3 is 5.97 Å². The molecule has 4 nitrogen and oxygen atoms in total. The molecule has 0 aromatic rings. The molecule has 0 saturated carbocycles. The highest BCUT2D eigenvalue weighted by molar-refractivity contribution is 7.80. The van der Waals surface area contributed by atoms with Gasteiger partial charge in [0.05, 0.1) is 24.8 Å². The predicted octanol–water partition coefficient (Wildman–Crippen LogP) is 1.77. The Morgan fingerprint density at radius 2 is 1.94 bits per heavy atom. The molecule has 1 aliphatic rings. The van der Waals surface area contributed by atoms with Crippen LogP contribution >= 0.6 is 12.2 Å². The van der Waals surface area contributed by atoms with E-state index in [0.29, 0.717) is 13.0 Å². The minimum absolute atomic E-state index is 0.107. The van der Waals surface area contributed by atoms with Gasteiger partial charge < -0.3 is 14.4 Å². The molecule has 0 N–H and O–H groups in total. The Bertz CT molecular complexity index is 252. The van der Waals surface area contributed by atoms with E-state index < -0.39 is 0 Å². The van der Waals surface area contributed by atoms with Crippen LogP contribution in [0.1, 0.15) is 32.6 Å². The summed E-state index contributed by atoms with van der Waals surface area (Å²) in [5.41, 5.74) is 0. The summed E-state index contributed by atoms with van der Waals surface area (Å²) in [6.07, 6.45) is 3.19. The zero-order valence-electron chi connectivity index (χ0n) is 10.4. The van der Waals surface area contributed by atoms with E-state index in [1.54, 1.807) is 0 Å². The van der Waals surface area contributed by atoms with E-state index in [1.807, 2.05) is 6.92 Å². The lowest BCUT2D eigenvalue weighted by Crippen LogP contribution is -2.39. The van der Waals surface area contributed by atoms with Crippen molar-refractivity contribution in [2.24, 2.45) is 0 Å². The van der Waals surface area contributed by atoms with Crippen molar-refractivity contribution in [1.82, 2.24) is 4.90 Å². The number of thiocarbonyl (C=S) groups is 1. The van der Waals surface area contributed by atoms with Gasteiger partial charge in [0.2, 0.25) is 0 Å². The maximum atomic E-state index is 11.1. The number of hydrogen-bond acceptors (Lipinski definition) is 4. The van der Waals surface area contributed by atoms with Crippen molar-refractivity contribution in [3.63, 3.8) is 0 Å². The molecule has 0 atom stereocenters. The topological polar surface area (TPSA) is 38.8 Å². The Morgan fingerprint density at radius 3 is 2.59 bits per heavy atom. The van der Waals surface area contributed by atoms with Crippen LogP contribution in [0.2, 0.25) is 0 Å². The zero-order chi connectivity index (χ0) is 12.5. The lowest BCUT2D eigenvalue weighted by atomic mass is 10.2. The van der Waals surface area contributed by atoms with Gasteiger partial charge in [-0.25, -0.2) is 0 Å². The van der Waals surface area contributed by atoms with Crippen molar-refractivity contribution in [3.05, 3.63) is 0 Å². The second-order valence-corrected chi connectivity index (χ2v) is 4.48. The van der Waals surface area contributed by atoms with Gasteiger partial charge in [0.25, 0.3) is 0 Å². The van der Waals surface area contributed by atoms with Gasteiger partial charge in [0, 0.05) is 19.5 Å². The molecule has 0 amide bonds. The monoisotopic (exact) mass is 259 g/mol. The molecule has 1 heterocycles. The fourth-order valence-electron chi connectivity index (χ4n) is 1.75. The predicted molar refractivity (Wildman–Crippen MR) is 70.1 cm³/mol. The van der Waals surface area contributed by atoms with E-state index in [4.69, 9.17) is 21.7 Å². The minimum atomic E-state index is -0.107. The van der Waals surface area contributed by atoms with Gasteiger partial charge in [-0.05, 0) is 26.2 Å². The van der Waals surface area contributed by atoms with Crippen molar-refractivity contribution in [1.29, 1.82) is 0 Å². The third-order valence-electron chi connectivity index (χ3n) is 2.69. The summed E-state index contributed by atoms with van der Waals surface area (Å²) in [5.74, 6) is -0.107. The first-order valence-electron chi connectivity index (χ1n) is 6.25. The number of hydrogen-bond donors (Lipinski definition) is 0. The molecular formula is C12H21NO3S. The minimum Gasteiger partial charge on any atom is -0.466 e. The molecule has 1 fully saturated rings. The highest BCUT2D eigenvalue weighted by Gasteiger charge is 2.13. The average Bonchev–Trinajstić information content (AvgIpc) is 2.36. The number of morpholine rings is 1. The van der Waals surface area contributed by atoms with Crippen LogP contribution in [0.15, 0.2) is 0 Å². The second kappa shape index (κ2) is 8.42. The Labute approximate surface area is 108 Å². The highest BCUT2D eigenvalue weighted by atomic mass is 32.1. The number of carbonyl (C=O) groups excluding carboxylic acids is 1. The number of esters is 1. The fourth-order valence-corrected chi connectivity index (χ4v) is 2.08. The van der Waals surface area contributed by atoms with Gasteiger partial charge in [-0.15, -0.1) is 0 Å². The Morgan fingerprint density at radius 1 is 1.29 bits per heavy atom. The maximum Gasteiger partial charge on any atom is 0.305 e. The largest absolute Gasteiger partial charge is 0.466 e. The fraction of sp³-hybridized carbons (Fsp3) is 0.833. The van der Waals surface area contributed by atoms with Crippen molar-refractivity contribution < 1.29 is 14.3 Å². The number of rotatable bonds is 6. The van der Waals surface area contributed by atoms with Gasteiger partial charge in [-0.3, -0.25) is 4.79 Å². The van der Waals surface area contributed by atoms with Crippen LogP contribution < -0.4 is 0 Å². The number of carbonyl (C=O) groups is 1. The first-order valence-corrected chi connectivity index (χ1v) is 6.66. The standard InChI is InChI=1S/C12H21NO3S/c1-2-16-12(14)6-4-3-5-11(17)13-7-9-15-10-8-13/h2-10H2,1H3. The molecule has 17 heavy (non-hydrogen) atoms. The molecule has 1 saturated heterocycles. The van der Waals surface area contributed by atoms with E-state index in [1.165, 1.54) is 0 Å². The van der Waals surface area contributed by atoms with Crippen LogP contribution in [0.3, 0.4) is 0 Å². The Balaban J connectivity index is 2.05. The van der Waals surface area contributed by atoms with Crippen LogP contribution in [0, 0.1) is 0 Å². The van der Waals surface area contributed by atoms with Gasteiger partial charge in [-0.2, -0.15) is 0 Å². The van der Waals surface area contributed by atoms with Crippen LogP contribution in [0.25, 0.3) is 0 Å². The van der Waals surface area contributed by atoms with Gasteiger partial charge in [-0.1, -0.05) is 12.2 Å². The Kier molecular flexibility index (Phi) is 7.12. The van der Waals surface area contributed by atoms with E-state index in [9.17, 15) is 4.79 Å². The maximum absolute atomic E-state index is 11.1. The summed E-state index contributed by atoms with van der Waals surface area (Å²) in [6.45, 7) is 5.62. The lowest BCUT2D eigenvalue weighted by molar-refractivity contribution is -0.143. The lowest BCUT2D eigenvalue weighted by Gasteiger charge is -2.29. The summed E-state index contributed by atoms with van der Waals surface area (Å²) in [7, 11) is 0. The quantitative estimate of drug-likeness (QED) is 0.413. The molecule has 0 unspecified atom stereocenters. The number of nitrogens with zero attached hydrogens (tertiary/aromatic N) is 1. The van der Waals surface area contributed by atoms with Crippen molar-refractivity contribution >= 4 is 23.2 Å². The zero-order valence-corrected chi connectivity index (χ0v) is 11.3. The number of unbranched alkanes of at least 4 members (excludes halogenated alkanes) is 1. The molecular weight excluding hydrogens is 238 g/mol. The smallest absolute Gasteiger partial charge is 0.305 e. The van der Waals surface area contributed by atoms with Crippen molar-refractivity contribution in [3.8, 4) is 0 Å². The molecule has 0 radical (unpaired) electrons. The normalized spacial score (nSPS) is 15.7. The van der Waals surface area contributed by atoms with Crippen molar-refractivity contribution in [2.75, 3.05) is 32.9 Å². The molecule has 0 aliphatic carbocycles. The SMILES string of the molecule is CCOC(=O)CCCCC(=S)N1CCOCC1. The molecule has 1 aliphatic heterocycles. The Hall–Kier alpha value is -0.680. The summed E-state index contributed by atoms with van der Waals surface area (Å²) >= 11 is 5.36. The van der Waals surface area contributed by atoms with E-state index in [-0.39, 0.29) is 5.97 Å². The first kappa shape index (κ1) is 14.4. The molecule has 5 heteroatoms. The second-order valence-electron chi connectivity index (χ2n) is 4.01. The van der Waals surface area contributed by atoms with Crippen LogP contribution in [-0.4, -0.2) is 48.8 Å². The molecule has 0 spiro atoms. The highest BCUT2D eigenvalue weighted by Crippen LogP contribution is 2.08. The summed E-state index contributed by atoms with van der Waals surface area (Å²) in [4.78, 5) is 14.3. The van der Waals surface area contributed by atoms with Gasteiger partial charge in [0.1, 0.15) is 0 Å². The first-order chi connectivity index (χ1) is 8.24. The molecule has 0 aromatic carbocycles. The third-order valence-corrected chi connectivity index (χ3v) is 3.15. The van der Waals surface area contributed by atoms with Crippen LogP contribution in [0.4, 0.5) is 0 Å². The third kappa shape index (κ3) is 5.98. The van der Waals surface area contributed by atoms with E-state index in [0.717, 1.165) is 50.6 Å². The summed E-state index contributed by atoms with van der Waals surface area (Å²) in [6, 6.07) is 0. The molecule has 1 rings (SSSR count). The van der Waals surface area contributed by atoms with Crippen LogP contribution in [0.5, 0.6) is 0 Å². The van der Waals surface area contributed by atoms with Crippen LogP contribution in [-0.2, 0) is 14.3 Å². The summed E-state index contributed by atoms with van der Waals surface area (Å²) < 4.78 is 10.1. The van der Waals surface area contributed by atoms with Crippen molar-refractivity contribution in [2.45, 2.75) is 32.6 Å². The molecule has 0 bridgehead atoms. The summed E-state index contributed by atoms with van der Waals surface area (Å²) in [5, 5.41) is 0. The van der Waals surface area contributed by atoms with E-state index in [2.05, 4.69) is 4.90 Å². The molecule has 0 aromatic heterocycles. The van der Waals surface area contributed by atoms with Gasteiger partial charge in [0.15, 0.2) is 0 Å². The van der Waals surface area contributed by atoms with E-state index >= 15 is 0 Å².